The third-order valence-electron chi connectivity index (χ3n) is 3.00. The van der Waals surface area contributed by atoms with E-state index in [2.05, 4.69) is 24.1 Å². The summed E-state index contributed by atoms with van der Waals surface area (Å²) in [5.41, 5.74) is 1.27. The zero-order chi connectivity index (χ0) is 12.5. The van der Waals surface area contributed by atoms with Gasteiger partial charge in [0.1, 0.15) is 0 Å². The summed E-state index contributed by atoms with van der Waals surface area (Å²) in [4.78, 5) is 12.5. The first-order valence-electron chi connectivity index (χ1n) is 5.72. The summed E-state index contributed by atoms with van der Waals surface area (Å²) in [5, 5.41) is 14.0. The topological polar surface area (TPSA) is 58.4 Å². The highest BCUT2D eigenvalue weighted by atomic mass is 16.6. The Hall–Kier alpha value is -1.62. The van der Waals surface area contributed by atoms with E-state index >= 15 is 0 Å². The Morgan fingerprint density at radius 1 is 1.35 bits per heavy atom. The number of nitro groups is 1. The minimum Gasteiger partial charge on any atom is -0.368 e. The van der Waals surface area contributed by atoms with Crippen LogP contribution in [-0.4, -0.2) is 30.1 Å². The summed E-state index contributed by atoms with van der Waals surface area (Å²) >= 11 is 0. The first-order valence-corrected chi connectivity index (χ1v) is 5.72. The van der Waals surface area contributed by atoms with Crippen molar-refractivity contribution in [2.45, 2.75) is 19.4 Å². The van der Waals surface area contributed by atoms with Crippen molar-refractivity contribution in [2.75, 3.05) is 24.5 Å². The van der Waals surface area contributed by atoms with Crippen molar-refractivity contribution in [1.82, 2.24) is 5.32 Å². The van der Waals surface area contributed by atoms with Crippen molar-refractivity contribution in [3.63, 3.8) is 0 Å². The molecule has 1 N–H and O–H groups in total. The highest BCUT2D eigenvalue weighted by molar-refractivity contribution is 5.51. The van der Waals surface area contributed by atoms with E-state index in [1.165, 1.54) is 0 Å². The Kier molecular flexibility index (Phi) is 3.02. The molecule has 2 rings (SSSR count). The lowest BCUT2D eigenvalue weighted by Gasteiger charge is -2.40. The molecule has 0 bridgehead atoms. The minimum absolute atomic E-state index is 0.0834. The van der Waals surface area contributed by atoms with Gasteiger partial charge in [-0.05, 0) is 26.0 Å². The van der Waals surface area contributed by atoms with Crippen LogP contribution in [0.4, 0.5) is 11.4 Å². The van der Waals surface area contributed by atoms with Gasteiger partial charge in [0.2, 0.25) is 0 Å². The molecular formula is C12H17N3O2. The molecule has 92 valence electrons. The predicted molar refractivity (Wildman–Crippen MR) is 67.4 cm³/mol. The van der Waals surface area contributed by atoms with Crippen LogP contribution in [0.25, 0.3) is 0 Å². The molecule has 1 aliphatic heterocycles. The average molecular weight is 235 g/mol. The molecule has 1 fully saturated rings. The van der Waals surface area contributed by atoms with Gasteiger partial charge in [0, 0.05) is 43.0 Å². The summed E-state index contributed by atoms with van der Waals surface area (Å²) in [5.74, 6) is 0. The molecule has 0 aromatic heterocycles. The lowest BCUT2D eigenvalue weighted by molar-refractivity contribution is -0.384. The molecule has 1 aromatic rings. The quantitative estimate of drug-likeness (QED) is 0.627. The van der Waals surface area contributed by atoms with Gasteiger partial charge >= 0.3 is 0 Å². The van der Waals surface area contributed by atoms with Crippen molar-refractivity contribution >= 4 is 11.4 Å². The average Bonchev–Trinajstić information content (AvgIpc) is 2.28. The Morgan fingerprint density at radius 2 is 2.00 bits per heavy atom. The first kappa shape index (κ1) is 11.9. The fourth-order valence-electron chi connectivity index (χ4n) is 2.15. The molecule has 1 saturated heterocycles. The van der Waals surface area contributed by atoms with Crippen LogP contribution in [0.5, 0.6) is 0 Å². The van der Waals surface area contributed by atoms with Crippen LogP contribution in [0.15, 0.2) is 24.3 Å². The molecule has 0 saturated carbocycles. The number of piperazine rings is 1. The molecule has 1 heterocycles. The van der Waals surface area contributed by atoms with E-state index in [0.717, 1.165) is 25.3 Å². The van der Waals surface area contributed by atoms with Crippen LogP contribution in [0, 0.1) is 10.1 Å². The number of hydrogen-bond acceptors (Lipinski definition) is 4. The van der Waals surface area contributed by atoms with Crippen molar-refractivity contribution in [1.29, 1.82) is 0 Å². The summed E-state index contributed by atoms with van der Waals surface area (Å²) in [6, 6.07) is 6.76. The number of nitrogens with one attached hydrogen (secondary N) is 1. The van der Waals surface area contributed by atoms with Crippen LogP contribution < -0.4 is 10.2 Å². The van der Waals surface area contributed by atoms with Gasteiger partial charge in [-0.25, -0.2) is 0 Å². The SMILES string of the molecule is CC1(C)CN(c2ccc([N+](=O)[O-])cc2)CCN1. The number of non-ortho nitro benzene ring substituents is 1. The molecular weight excluding hydrogens is 218 g/mol. The molecule has 0 spiro atoms. The van der Waals surface area contributed by atoms with Gasteiger partial charge in [0.25, 0.3) is 5.69 Å². The Bertz CT molecular complexity index is 414. The molecule has 0 aliphatic carbocycles. The molecule has 0 amide bonds. The monoisotopic (exact) mass is 235 g/mol. The van der Waals surface area contributed by atoms with E-state index in [-0.39, 0.29) is 16.1 Å². The third-order valence-corrected chi connectivity index (χ3v) is 3.00. The van der Waals surface area contributed by atoms with E-state index < -0.39 is 0 Å². The molecule has 1 aromatic carbocycles. The standard InChI is InChI=1S/C12H17N3O2/c1-12(2)9-14(8-7-13-12)10-3-5-11(6-4-10)15(16)17/h3-6,13H,7-9H2,1-2H3. The molecule has 1 aliphatic rings. The fourth-order valence-corrected chi connectivity index (χ4v) is 2.15. The van der Waals surface area contributed by atoms with Crippen molar-refractivity contribution in [3.05, 3.63) is 34.4 Å². The number of nitro benzene ring substituents is 1. The maximum Gasteiger partial charge on any atom is 0.269 e. The number of hydrogen-bond donors (Lipinski definition) is 1. The fraction of sp³-hybridized carbons (Fsp3) is 0.500. The Balaban J connectivity index is 2.14. The normalized spacial score (nSPS) is 19.1. The zero-order valence-corrected chi connectivity index (χ0v) is 10.1. The highest BCUT2D eigenvalue weighted by Crippen LogP contribution is 2.22. The number of benzene rings is 1. The number of anilines is 1. The zero-order valence-electron chi connectivity index (χ0n) is 10.1. The predicted octanol–water partition coefficient (Wildman–Crippen LogP) is 1.78. The molecule has 17 heavy (non-hydrogen) atoms. The molecule has 5 nitrogen and oxygen atoms in total. The molecule has 5 heteroatoms. The summed E-state index contributed by atoms with van der Waals surface area (Å²) in [6.07, 6.45) is 0. The van der Waals surface area contributed by atoms with E-state index in [0.29, 0.717) is 0 Å². The van der Waals surface area contributed by atoms with Crippen molar-refractivity contribution in [3.8, 4) is 0 Å². The minimum atomic E-state index is -0.370. The Morgan fingerprint density at radius 3 is 2.53 bits per heavy atom. The van der Waals surface area contributed by atoms with Gasteiger partial charge in [-0.3, -0.25) is 10.1 Å². The second-order valence-corrected chi connectivity index (χ2v) is 5.01. The van der Waals surface area contributed by atoms with Crippen LogP contribution in [-0.2, 0) is 0 Å². The first-order chi connectivity index (χ1) is 7.98. The Labute approximate surface area is 101 Å². The lowest BCUT2D eigenvalue weighted by Crippen LogP contribution is -2.57. The van der Waals surface area contributed by atoms with Gasteiger partial charge < -0.3 is 10.2 Å². The van der Waals surface area contributed by atoms with E-state index in [1.807, 2.05) is 12.1 Å². The van der Waals surface area contributed by atoms with Gasteiger partial charge in [-0.1, -0.05) is 0 Å². The van der Waals surface area contributed by atoms with E-state index in [9.17, 15) is 10.1 Å². The smallest absolute Gasteiger partial charge is 0.269 e. The largest absolute Gasteiger partial charge is 0.368 e. The van der Waals surface area contributed by atoms with Crippen LogP contribution in [0.3, 0.4) is 0 Å². The highest BCUT2D eigenvalue weighted by Gasteiger charge is 2.25. The van der Waals surface area contributed by atoms with Crippen LogP contribution in [0.2, 0.25) is 0 Å². The number of nitrogens with zero attached hydrogens (tertiary/aromatic N) is 2. The molecule has 0 unspecified atom stereocenters. The second-order valence-electron chi connectivity index (χ2n) is 5.01. The number of rotatable bonds is 2. The van der Waals surface area contributed by atoms with Gasteiger partial charge in [-0.2, -0.15) is 0 Å². The second kappa shape index (κ2) is 4.33. The van der Waals surface area contributed by atoms with E-state index in [1.54, 1.807) is 12.1 Å². The van der Waals surface area contributed by atoms with Crippen LogP contribution >= 0.6 is 0 Å². The summed E-state index contributed by atoms with van der Waals surface area (Å²) in [6.45, 7) is 7.09. The molecule has 0 radical (unpaired) electrons. The van der Waals surface area contributed by atoms with Crippen molar-refractivity contribution < 1.29 is 4.92 Å². The van der Waals surface area contributed by atoms with Gasteiger partial charge in [0.05, 0.1) is 4.92 Å². The lowest BCUT2D eigenvalue weighted by atomic mass is 10.0. The third kappa shape index (κ3) is 2.74. The maximum absolute atomic E-state index is 10.6. The van der Waals surface area contributed by atoms with E-state index in [4.69, 9.17) is 0 Å². The van der Waals surface area contributed by atoms with Crippen LogP contribution in [0.1, 0.15) is 13.8 Å². The van der Waals surface area contributed by atoms with Gasteiger partial charge in [-0.15, -0.1) is 0 Å². The van der Waals surface area contributed by atoms with Crippen molar-refractivity contribution in [2.24, 2.45) is 0 Å². The maximum atomic E-state index is 10.6. The summed E-state index contributed by atoms with van der Waals surface area (Å²) < 4.78 is 0. The summed E-state index contributed by atoms with van der Waals surface area (Å²) in [7, 11) is 0. The van der Waals surface area contributed by atoms with Gasteiger partial charge in [0.15, 0.2) is 0 Å². The molecule has 0 atom stereocenters.